The zero-order valence-corrected chi connectivity index (χ0v) is 19.1. The molecule has 1 aliphatic heterocycles. The van der Waals surface area contributed by atoms with Gasteiger partial charge in [-0.15, -0.1) is 15.3 Å². The molecule has 3 heterocycles. The van der Waals surface area contributed by atoms with Crippen LogP contribution in [0.15, 0.2) is 34.0 Å². The van der Waals surface area contributed by atoms with Gasteiger partial charge in [-0.3, -0.25) is 5.10 Å². The number of nitrogens with zero attached hydrogens (tertiary/aromatic N) is 4. The minimum atomic E-state index is -0.354. The molecule has 3 aromatic rings. The van der Waals surface area contributed by atoms with Crippen molar-refractivity contribution in [2.24, 2.45) is 5.73 Å². The van der Waals surface area contributed by atoms with Gasteiger partial charge in [0.2, 0.25) is 11.8 Å². The summed E-state index contributed by atoms with van der Waals surface area (Å²) in [5.74, 6) is 1.61. The number of aryl methyl sites for hydroxylation is 2. The van der Waals surface area contributed by atoms with Crippen molar-refractivity contribution in [1.29, 1.82) is 5.26 Å². The van der Waals surface area contributed by atoms with Gasteiger partial charge in [0.25, 0.3) is 0 Å². The van der Waals surface area contributed by atoms with Crippen LogP contribution in [-0.4, -0.2) is 27.5 Å². The van der Waals surface area contributed by atoms with Crippen LogP contribution >= 0.6 is 23.1 Å². The van der Waals surface area contributed by atoms with E-state index in [4.69, 9.17) is 15.2 Å². The Labute approximate surface area is 188 Å². The van der Waals surface area contributed by atoms with Crippen LogP contribution in [-0.2, 0) is 12.2 Å². The highest BCUT2D eigenvalue weighted by Gasteiger charge is 2.35. The summed E-state index contributed by atoms with van der Waals surface area (Å²) in [5, 5.41) is 26.4. The number of aromatic nitrogens is 4. The van der Waals surface area contributed by atoms with E-state index < -0.39 is 0 Å². The number of fused-ring (bicyclic) bond motifs is 1. The maximum atomic E-state index is 9.86. The van der Waals surface area contributed by atoms with E-state index in [0.717, 1.165) is 50.3 Å². The Hall–Kier alpha value is -3.03. The van der Waals surface area contributed by atoms with Gasteiger partial charge in [-0.2, -0.15) is 5.26 Å². The van der Waals surface area contributed by atoms with Gasteiger partial charge in [0.05, 0.1) is 13.0 Å². The fraction of sp³-hybridized carbons (Fsp3) is 0.333. The summed E-state index contributed by atoms with van der Waals surface area (Å²) in [4.78, 5) is 0. The molecular weight excluding hydrogens is 432 g/mol. The second-order valence-corrected chi connectivity index (χ2v) is 9.45. The number of aromatic amines is 1. The highest BCUT2D eigenvalue weighted by Crippen LogP contribution is 2.44. The van der Waals surface area contributed by atoms with Crippen LogP contribution in [0.2, 0.25) is 0 Å². The number of nitrogens with two attached hydrogens (primary N) is 1. The van der Waals surface area contributed by atoms with E-state index in [1.165, 1.54) is 0 Å². The number of allylic oxidation sites excluding steroid dienone is 1. The Morgan fingerprint density at radius 3 is 2.90 bits per heavy atom. The van der Waals surface area contributed by atoms with E-state index in [2.05, 4.69) is 39.5 Å². The number of hydrogen-bond acceptors (Lipinski definition) is 9. The van der Waals surface area contributed by atoms with Gasteiger partial charge in [0, 0.05) is 22.6 Å². The quantitative estimate of drug-likeness (QED) is 0.513. The van der Waals surface area contributed by atoms with E-state index >= 15 is 0 Å². The minimum absolute atomic E-state index is 0.0885. The SMILES string of the molecule is CCCc1[nH]nc2c1[C@H](c1ccc(OC)c(CSc3nnc(C)s3)c1)C(C#N)=C(N)O2. The first-order chi connectivity index (χ1) is 15.0. The lowest BCUT2D eigenvalue weighted by atomic mass is 9.83. The first kappa shape index (κ1) is 21.2. The van der Waals surface area contributed by atoms with Crippen molar-refractivity contribution in [1.82, 2.24) is 20.4 Å². The molecule has 0 saturated carbocycles. The molecule has 0 spiro atoms. The summed E-state index contributed by atoms with van der Waals surface area (Å²) in [6.45, 7) is 4.03. The van der Waals surface area contributed by atoms with Crippen LogP contribution in [0.5, 0.6) is 11.6 Å². The summed E-state index contributed by atoms with van der Waals surface area (Å²) in [6, 6.07) is 8.20. The molecule has 0 saturated heterocycles. The highest BCUT2D eigenvalue weighted by atomic mass is 32.2. The number of nitrogens with one attached hydrogen (secondary N) is 1. The van der Waals surface area contributed by atoms with Crippen LogP contribution in [0.3, 0.4) is 0 Å². The van der Waals surface area contributed by atoms with Gasteiger partial charge >= 0.3 is 0 Å². The molecule has 0 unspecified atom stereocenters. The maximum absolute atomic E-state index is 9.86. The number of thioether (sulfide) groups is 1. The van der Waals surface area contributed by atoms with E-state index in [9.17, 15) is 5.26 Å². The molecule has 0 fully saturated rings. The largest absolute Gasteiger partial charge is 0.496 e. The van der Waals surface area contributed by atoms with Crippen molar-refractivity contribution < 1.29 is 9.47 Å². The monoisotopic (exact) mass is 454 g/mol. The second kappa shape index (κ2) is 8.99. The third kappa shape index (κ3) is 4.11. The Balaban J connectivity index is 1.76. The van der Waals surface area contributed by atoms with E-state index in [-0.39, 0.29) is 11.8 Å². The van der Waals surface area contributed by atoms with Crippen molar-refractivity contribution >= 4 is 23.1 Å². The Morgan fingerprint density at radius 1 is 1.39 bits per heavy atom. The average molecular weight is 455 g/mol. The third-order valence-corrected chi connectivity index (χ3v) is 7.04. The Bertz CT molecular complexity index is 1180. The number of nitriles is 1. The summed E-state index contributed by atoms with van der Waals surface area (Å²) >= 11 is 3.17. The lowest BCUT2D eigenvalue weighted by molar-refractivity contribution is 0.378. The van der Waals surface area contributed by atoms with E-state index in [1.807, 2.05) is 19.1 Å². The van der Waals surface area contributed by atoms with Gasteiger partial charge in [0.15, 0.2) is 4.34 Å². The van der Waals surface area contributed by atoms with E-state index in [0.29, 0.717) is 17.2 Å². The predicted molar refractivity (Wildman–Crippen MR) is 119 cm³/mol. The van der Waals surface area contributed by atoms with Gasteiger partial charge < -0.3 is 15.2 Å². The van der Waals surface area contributed by atoms with Crippen LogP contribution in [0, 0.1) is 18.3 Å². The summed E-state index contributed by atoms with van der Waals surface area (Å²) in [5.41, 5.74) is 10.2. The number of rotatable bonds is 7. The molecule has 0 bridgehead atoms. The number of H-pyrrole nitrogens is 1. The maximum Gasteiger partial charge on any atom is 0.244 e. The molecular formula is C21H22N6O2S2. The highest BCUT2D eigenvalue weighted by molar-refractivity contribution is 8.00. The molecule has 3 N–H and O–H groups in total. The van der Waals surface area contributed by atoms with Crippen LogP contribution < -0.4 is 15.2 Å². The van der Waals surface area contributed by atoms with Crippen molar-refractivity contribution in [3.8, 4) is 17.7 Å². The molecule has 1 atom stereocenters. The molecule has 2 aromatic heterocycles. The summed E-state index contributed by atoms with van der Waals surface area (Å²) in [7, 11) is 1.65. The smallest absolute Gasteiger partial charge is 0.244 e. The zero-order chi connectivity index (χ0) is 22.0. The molecule has 1 aromatic carbocycles. The molecule has 8 nitrogen and oxygen atoms in total. The topological polar surface area (TPSA) is 123 Å². The number of benzene rings is 1. The van der Waals surface area contributed by atoms with Crippen molar-refractivity contribution in [2.45, 2.75) is 42.7 Å². The standard InChI is InChI=1S/C21H22N6O2S2/c1-4-5-15-18-17(14(9-22)19(23)29-20(18)26-25-15)12-6-7-16(28-3)13(8-12)10-30-21-27-24-11(2)31-21/h6-8,17H,4-5,10,23H2,1-3H3,(H,25,26)/t17-/m1/s1. The Kier molecular flexibility index (Phi) is 6.15. The second-order valence-electron chi connectivity index (χ2n) is 7.04. The molecule has 160 valence electrons. The number of hydrogen-bond donors (Lipinski definition) is 2. The van der Waals surface area contributed by atoms with Gasteiger partial charge in [-0.1, -0.05) is 48.6 Å². The van der Waals surface area contributed by atoms with E-state index in [1.54, 1.807) is 30.2 Å². The summed E-state index contributed by atoms with van der Waals surface area (Å²) < 4.78 is 12.1. The van der Waals surface area contributed by atoms with Crippen molar-refractivity contribution in [2.75, 3.05) is 7.11 Å². The first-order valence-electron chi connectivity index (χ1n) is 9.80. The average Bonchev–Trinajstić information content (AvgIpc) is 3.37. The molecule has 0 aliphatic carbocycles. The van der Waals surface area contributed by atoms with Crippen LogP contribution in [0.1, 0.15) is 46.7 Å². The van der Waals surface area contributed by atoms with Gasteiger partial charge in [0.1, 0.15) is 22.4 Å². The molecule has 31 heavy (non-hydrogen) atoms. The lowest BCUT2D eigenvalue weighted by Gasteiger charge is -2.25. The number of methoxy groups -OCH3 is 1. The van der Waals surface area contributed by atoms with Crippen molar-refractivity contribution in [3.05, 3.63) is 57.0 Å². The molecule has 0 radical (unpaired) electrons. The van der Waals surface area contributed by atoms with Crippen LogP contribution in [0.25, 0.3) is 0 Å². The lowest BCUT2D eigenvalue weighted by Crippen LogP contribution is -2.21. The molecule has 4 rings (SSSR count). The summed E-state index contributed by atoms with van der Waals surface area (Å²) in [6.07, 6.45) is 1.74. The molecule has 10 heteroatoms. The van der Waals surface area contributed by atoms with Crippen molar-refractivity contribution in [3.63, 3.8) is 0 Å². The minimum Gasteiger partial charge on any atom is -0.496 e. The van der Waals surface area contributed by atoms with Crippen LogP contribution in [0.4, 0.5) is 0 Å². The fourth-order valence-corrected chi connectivity index (χ4v) is 5.44. The molecule has 1 aliphatic rings. The molecule has 0 amide bonds. The normalized spacial score (nSPS) is 15.4. The zero-order valence-electron chi connectivity index (χ0n) is 17.4. The van der Waals surface area contributed by atoms with Gasteiger partial charge in [-0.25, -0.2) is 0 Å². The van der Waals surface area contributed by atoms with Gasteiger partial charge in [-0.05, 0) is 25.0 Å². The predicted octanol–water partition coefficient (Wildman–Crippen LogP) is 4.04. The fourth-order valence-electron chi connectivity index (χ4n) is 3.65. The third-order valence-electron chi connectivity index (χ3n) is 5.01. The Morgan fingerprint density at radius 2 is 2.23 bits per heavy atom. The first-order valence-corrected chi connectivity index (χ1v) is 11.6. The number of ether oxygens (including phenoxy) is 2.